The summed E-state index contributed by atoms with van der Waals surface area (Å²) in [4.78, 5) is 29.9. The van der Waals surface area contributed by atoms with Crippen LogP contribution in [-0.4, -0.2) is 75.3 Å². The van der Waals surface area contributed by atoms with Crippen LogP contribution in [0.25, 0.3) is 0 Å². The number of alkyl halides is 1. The lowest BCUT2D eigenvalue weighted by molar-refractivity contribution is -0.164. The highest BCUT2D eigenvalue weighted by Gasteiger charge is 2.64. The van der Waals surface area contributed by atoms with E-state index in [2.05, 4.69) is 48.6 Å². The number of methoxy groups -OCH3 is 2. The maximum Gasteiger partial charge on any atom is 0.156 e. The van der Waals surface area contributed by atoms with E-state index in [4.69, 9.17) is 9.47 Å². The molecule has 0 spiro atoms. The van der Waals surface area contributed by atoms with Crippen molar-refractivity contribution < 1.29 is 29.3 Å². The maximum atomic E-state index is 13.3. The summed E-state index contributed by atoms with van der Waals surface area (Å²) in [7, 11) is 3.41. The van der Waals surface area contributed by atoms with Crippen molar-refractivity contribution >= 4 is 27.5 Å². The van der Waals surface area contributed by atoms with Gasteiger partial charge in [0, 0.05) is 38.4 Å². The average Bonchev–Trinajstić information content (AvgIpc) is 3.93. The van der Waals surface area contributed by atoms with Gasteiger partial charge in [-0.15, -0.1) is 0 Å². The van der Waals surface area contributed by atoms with Gasteiger partial charge in [0.2, 0.25) is 0 Å². The van der Waals surface area contributed by atoms with E-state index < -0.39 is 11.2 Å². The lowest BCUT2D eigenvalue weighted by Crippen LogP contribution is -2.56. The third-order valence-electron chi connectivity index (χ3n) is 20.3. The van der Waals surface area contributed by atoms with Crippen molar-refractivity contribution in [3.05, 3.63) is 18.7 Å². The van der Waals surface area contributed by atoms with Gasteiger partial charge in [0.1, 0.15) is 5.78 Å². The quantitative estimate of drug-likeness (QED) is 0.238. The molecule has 0 saturated heterocycles. The zero-order valence-corrected chi connectivity index (χ0v) is 38.4. The Bertz CT molecular complexity index is 1640. The molecule has 58 heavy (non-hydrogen) atoms. The zero-order valence-electron chi connectivity index (χ0n) is 36.9. The predicted octanol–water partition coefficient (Wildman–Crippen LogP) is 9.48. The Morgan fingerprint density at radius 2 is 1.10 bits per heavy atom. The monoisotopic (exact) mass is 868 g/mol. The van der Waals surface area contributed by atoms with Crippen molar-refractivity contribution in [1.29, 1.82) is 0 Å². The summed E-state index contributed by atoms with van der Waals surface area (Å²) in [5.41, 5.74) is -0.165. The SMILES string of the molecule is COC[C@@]1(O)CC[C@]2(C)C3CC[C@@]4(C)C(CC[C@@H]4C(=O)CBr)C3CC[C@H]2C1.COC[C@@]1(O)CC[C@]2(C)C3CC[C@@]4(C)C(CC[C@@H]4C(=O)Cn4ccnc4)C3CC[C@H]2C1. The molecular formula is C49H77BrN2O6. The van der Waals surface area contributed by atoms with Crippen LogP contribution in [0.15, 0.2) is 18.7 Å². The summed E-state index contributed by atoms with van der Waals surface area (Å²) in [6.45, 7) is 11.3. The number of carbonyl (C=O) groups excluding carboxylic acids is 2. The van der Waals surface area contributed by atoms with Crippen LogP contribution in [0.1, 0.15) is 143 Å². The van der Waals surface area contributed by atoms with Crippen LogP contribution < -0.4 is 0 Å². The van der Waals surface area contributed by atoms with Gasteiger partial charge >= 0.3 is 0 Å². The smallest absolute Gasteiger partial charge is 0.156 e. The number of ketones is 2. The third kappa shape index (κ3) is 7.28. The minimum absolute atomic E-state index is 0.160. The Kier molecular flexibility index (Phi) is 12.2. The number of hydrogen-bond donors (Lipinski definition) is 2. The molecule has 6 unspecified atom stereocenters. The maximum absolute atomic E-state index is 13.3. The normalized spacial score (nSPS) is 49.2. The second-order valence-corrected chi connectivity index (χ2v) is 23.2. The first-order valence-corrected chi connectivity index (χ1v) is 24.7. The van der Waals surface area contributed by atoms with Gasteiger partial charge in [0.15, 0.2) is 5.78 Å². The fourth-order valence-electron chi connectivity index (χ4n) is 17.3. The van der Waals surface area contributed by atoms with Crippen molar-refractivity contribution in [2.24, 2.45) is 80.8 Å². The lowest BCUT2D eigenvalue weighted by Gasteiger charge is -2.62. The van der Waals surface area contributed by atoms with Crippen molar-refractivity contribution in [2.45, 2.75) is 161 Å². The van der Waals surface area contributed by atoms with E-state index in [0.717, 1.165) is 81.0 Å². The average molecular weight is 870 g/mol. The third-order valence-corrected chi connectivity index (χ3v) is 20.8. The van der Waals surface area contributed by atoms with Gasteiger partial charge in [0.05, 0.1) is 42.6 Å². The van der Waals surface area contributed by atoms with Crippen LogP contribution in [0.3, 0.4) is 0 Å². The highest BCUT2D eigenvalue weighted by atomic mass is 79.9. The molecule has 2 N–H and O–H groups in total. The number of imidazole rings is 1. The molecule has 1 aromatic rings. The fraction of sp³-hybridized carbons (Fsp3) is 0.898. The summed E-state index contributed by atoms with van der Waals surface area (Å²) in [5.74, 6) is 7.00. The van der Waals surface area contributed by atoms with E-state index in [1.54, 1.807) is 26.7 Å². The molecule has 1 heterocycles. The van der Waals surface area contributed by atoms with Gasteiger partial charge in [-0.2, -0.15) is 0 Å². The Balaban J connectivity index is 0.000000164. The fourth-order valence-corrected chi connectivity index (χ4v) is 17.7. The molecule has 0 bridgehead atoms. The van der Waals surface area contributed by atoms with Gasteiger partial charge < -0.3 is 24.3 Å². The summed E-state index contributed by atoms with van der Waals surface area (Å²) < 4.78 is 12.6. The van der Waals surface area contributed by atoms with Crippen LogP contribution in [0, 0.1) is 80.8 Å². The van der Waals surface area contributed by atoms with Crippen molar-refractivity contribution in [3.8, 4) is 0 Å². The molecule has 8 fully saturated rings. The molecule has 9 heteroatoms. The molecule has 8 aliphatic rings. The first kappa shape index (κ1) is 43.5. The molecule has 0 radical (unpaired) electrons. The molecular weight excluding hydrogens is 792 g/mol. The minimum Gasteiger partial charge on any atom is -0.387 e. The molecule has 1 aromatic heterocycles. The topological polar surface area (TPSA) is 111 Å². The minimum atomic E-state index is -0.632. The molecule has 0 aliphatic heterocycles. The van der Waals surface area contributed by atoms with Gasteiger partial charge in [-0.05, 0) is 185 Å². The molecule has 8 saturated carbocycles. The molecule has 9 rings (SSSR count). The molecule has 16 atom stereocenters. The number of aromatic nitrogens is 2. The van der Waals surface area contributed by atoms with E-state index >= 15 is 0 Å². The number of carbonyl (C=O) groups is 2. The summed E-state index contributed by atoms with van der Waals surface area (Å²) in [6.07, 6.45) is 25.8. The number of fused-ring (bicyclic) bond motifs is 10. The number of halogens is 1. The summed E-state index contributed by atoms with van der Waals surface area (Å²) in [6, 6.07) is 0. The van der Waals surface area contributed by atoms with E-state index in [1.165, 1.54) is 64.2 Å². The number of rotatable bonds is 9. The molecule has 0 amide bonds. The molecule has 0 aromatic carbocycles. The van der Waals surface area contributed by atoms with E-state index in [0.29, 0.717) is 65.2 Å². The second kappa shape index (κ2) is 16.2. The largest absolute Gasteiger partial charge is 0.387 e. The van der Waals surface area contributed by atoms with Crippen LogP contribution in [-0.2, 0) is 25.6 Å². The van der Waals surface area contributed by atoms with E-state index in [1.807, 2.05) is 10.8 Å². The van der Waals surface area contributed by atoms with Crippen molar-refractivity contribution in [1.82, 2.24) is 9.55 Å². The highest BCUT2D eigenvalue weighted by Crippen LogP contribution is 2.70. The highest BCUT2D eigenvalue weighted by molar-refractivity contribution is 9.09. The van der Waals surface area contributed by atoms with E-state index in [9.17, 15) is 19.8 Å². The number of hydrogen-bond acceptors (Lipinski definition) is 7. The first-order chi connectivity index (χ1) is 27.6. The van der Waals surface area contributed by atoms with Gasteiger partial charge in [0.25, 0.3) is 0 Å². The first-order valence-electron chi connectivity index (χ1n) is 23.6. The van der Waals surface area contributed by atoms with Gasteiger partial charge in [-0.1, -0.05) is 43.6 Å². The van der Waals surface area contributed by atoms with Gasteiger partial charge in [-0.3, -0.25) is 9.59 Å². The molecule has 8 aliphatic carbocycles. The Labute approximate surface area is 358 Å². The van der Waals surface area contributed by atoms with Crippen molar-refractivity contribution in [2.75, 3.05) is 32.8 Å². The van der Waals surface area contributed by atoms with E-state index in [-0.39, 0.29) is 22.7 Å². The number of Topliss-reactive ketones (excluding diaryl/α,β-unsaturated/α-hetero) is 2. The second-order valence-electron chi connectivity index (χ2n) is 22.7. The zero-order chi connectivity index (χ0) is 41.3. The lowest BCUT2D eigenvalue weighted by atomic mass is 9.44. The number of ether oxygens (including phenoxy) is 2. The predicted molar refractivity (Wildman–Crippen MR) is 230 cm³/mol. The Hall–Kier alpha value is -1.13. The number of aliphatic hydroxyl groups is 2. The van der Waals surface area contributed by atoms with Crippen LogP contribution in [0.5, 0.6) is 0 Å². The number of nitrogens with zero attached hydrogens (tertiary/aromatic N) is 2. The Morgan fingerprint density at radius 3 is 1.53 bits per heavy atom. The Morgan fingerprint density at radius 1 is 0.638 bits per heavy atom. The molecule has 326 valence electrons. The van der Waals surface area contributed by atoms with Gasteiger partial charge in [-0.25, -0.2) is 4.98 Å². The summed E-state index contributed by atoms with van der Waals surface area (Å²) >= 11 is 3.43. The van der Waals surface area contributed by atoms with Crippen LogP contribution in [0.2, 0.25) is 0 Å². The van der Waals surface area contributed by atoms with Crippen LogP contribution >= 0.6 is 15.9 Å². The standard InChI is InChI=1S/C26H40N2O3.C23H37BrO3/c1-24-10-11-26(30,16-31-3)14-18(24)4-5-19-20-6-7-22(25(20,2)9-8-21(19)24)23(29)15-28-13-12-27-17-28;1-21-10-11-23(26,14-27-3)12-15(21)4-5-16-17-6-7-19(20(25)13-24)22(17,2)9-8-18(16)21/h12-13,17-22,30H,4-11,14-16H2,1-3H3;15-19,26H,4-14H2,1-3H3/t18-,19?,20?,21?,22+,24-,25-,26+;15-,16?,17?,18?,19+,21-,22-,23+/m00/s1. The van der Waals surface area contributed by atoms with Crippen molar-refractivity contribution in [3.63, 3.8) is 0 Å². The van der Waals surface area contributed by atoms with Crippen LogP contribution in [0.4, 0.5) is 0 Å². The summed E-state index contributed by atoms with van der Waals surface area (Å²) in [5, 5.41) is 22.5. The molecule has 8 nitrogen and oxygen atoms in total.